The summed E-state index contributed by atoms with van der Waals surface area (Å²) >= 11 is -1.31. The van der Waals surface area contributed by atoms with Gasteiger partial charge in [-0.15, -0.1) is 11.3 Å². The van der Waals surface area contributed by atoms with Crippen LogP contribution >= 0.6 is 11.3 Å². The third-order valence-corrected chi connectivity index (χ3v) is 4.89. The molecule has 1 saturated heterocycles. The van der Waals surface area contributed by atoms with Crippen LogP contribution in [0.1, 0.15) is 20.8 Å². The van der Waals surface area contributed by atoms with Crippen molar-refractivity contribution in [2.75, 3.05) is 30.9 Å². The average molecular weight is 397 g/mol. The molecule has 1 fully saturated rings. The normalized spacial score (nSPS) is 15.6. The van der Waals surface area contributed by atoms with E-state index in [1.165, 1.54) is 28.4 Å². The Labute approximate surface area is 155 Å². The lowest BCUT2D eigenvalue weighted by molar-refractivity contribution is 0.0532. The van der Waals surface area contributed by atoms with Gasteiger partial charge >= 0.3 is 0 Å². The average Bonchev–Trinajstić information content (AvgIpc) is 3.16. The van der Waals surface area contributed by atoms with Crippen molar-refractivity contribution in [3.63, 3.8) is 0 Å². The van der Waals surface area contributed by atoms with Gasteiger partial charge in [-0.3, -0.25) is 13.8 Å². The first-order valence-corrected chi connectivity index (χ1v) is 9.59. The second-order valence-electron chi connectivity index (χ2n) is 5.49. The number of carbonyl (C=O) groups excluding carboxylic acids is 2. The minimum atomic E-state index is -2.65. The largest absolute Gasteiger partial charge is 0.755 e. The van der Waals surface area contributed by atoms with Crippen LogP contribution in [0.15, 0.2) is 29.1 Å². The second-order valence-corrected chi connectivity index (χ2v) is 6.88. The van der Waals surface area contributed by atoms with Gasteiger partial charge in [-0.25, -0.2) is 9.37 Å². The first-order chi connectivity index (χ1) is 12.5. The third-order valence-electron chi connectivity index (χ3n) is 3.91. The summed E-state index contributed by atoms with van der Waals surface area (Å²) in [5.74, 6) is -1.39. The molecular weight excluding hydrogens is 383 g/mol. The fraction of sp³-hybridized carbons (Fsp3) is 0.267. The van der Waals surface area contributed by atoms with Crippen molar-refractivity contribution in [1.82, 2.24) is 14.8 Å². The topological polar surface area (TPSA) is 106 Å². The quantitative estimate of drug-likeness (QED) is 0.778. The minimum absolute atomic E-state index is 0.115. The van der Waals surface area contributed by atoms with Crippen LogP contribution < -0.4 is 4.72 Å². The summed E-state index contributed by atoms with van der Waals surface area (Å²) in [5, 5.41) is 1.67. The van der Waals surface area contributed by atoms with E-state index in [-0.39, 0.29) is 23.1 Å². The van der Waals surface area contributed by atoms with Crippen LogP contribution in [0.3, 0.4) is 0 Å². The lowest BCUT2D eigenvalue weighted by Crippen LogP contribution is -2.50. The molecule has 0 spiro atoms. The molecule has 26 heavy (non-hydrogen) atoms. The number of rotatable bonds is 4. The summed E-state index contributed by atoms with van der Waals surface area (Å²) in [4.78, 5) is 31.9. The number of hydrogen-bond donors (Lipinski definition) is 1. The first kappa shape index (κ1) is 18.4. The van der Waals surface area contributed by atoms with Crippen molar-refractivity contribution in [3.05, 3.63) is 46.2 Å². The number of aromatic nitrogens is 1. The molecule has 1 atom stereocenters. The summed E-state index contributed by atoms with van der Waals surface area (Å²) in [6, 6.07) is 3.54. The molecule has 11 heteroatoms. The Bertz CT molecular complexity index is 838. The molecule has 2 aromatic rings. The molecule has 2 amide bonds. The molecule has 138 valence electrons. The van der Waals surface area contributed by atoms with Crippen LogP contribution in [0.5, 0.6) is 0 Å². The lowest BCUT2D eigenvalue weighted by Gasteiger charge is -2.34. The van der Waals surface area contributed by atoms with Gasteiger partial charge < -0.3 is 19.1 Å². The predicted octanol–water partition coefficient (Wildman–Crippen LogP) is 1.09. The number of hydrogen-bond acceptors (Lipinski definition) is 6. The molecule has 1 aromatic heterocycles. The van der Waals surface area contributed by atoms with Crippen molar-refractivity contribution in [2.24, 2.45) is 0 Å². The molecule has 8 nitrogen and oxygen atoms in total. The van der Waals surface area contributed by atoms with Gasteiger partial charge in [0, 0.05) is 48.4 Å². The molecule has 3 rings (SSSR count). The Balaban J connectivity index is 1.62. The standard InChI is InChI=1S/C15H15FN4O4S2/c16-11-7-10(1-2-12(11)18-26(23)24)14(21)19-3-5-20(6-4-19)15(22)13-8-25-9-17-13/h1-2,7-9,18H,3-6H2,(H,23,24)/p-1. The maximum atomic E-state index is 13.9. The number of benzene rings is 1. The van der Waals surface area contributed by atoms with Crippen LogP contribution in [0.4, 0.5) is 10.1 Å². The van der Waals surface area contributed by atoms with Gasteiger partial charge in [0.25, 0.3) is 11.8 Å². The van der Waals surface area contributed by atoms with Crippen LogP contribution in [0.25, 0.3) is 0 Å². The molecule has 1 aromatic carbocycles. The van der Waals surface area contributed by atoms with Crippen LogP contribution in [0.2, 0.25) is 0 Å². The van der Waals surface area contributed by atoms with Crippen molar-refractivity contribution < 1.29 is 22.7 Å². The number of nitrogens with zero attached hydrogens (tertiary/aromatic N) is 3. The highest BCUT2D eigenvalue weighted by molar-refractivity contribution is 7.80. The van der Waals surface area contributed by atoms with E-state index in [1.807, 2.05) is 4.72 Å². The van der Waals surface area contributed by atoms with E-state index < -0.39 is 17.1 Å². The first-order valence-electron chi connectivity index (χ1n) is 7.58. The third kappa shape index (κ3) is 4.06. The molecule has 1 aliphatic heterocycles. The van der Waals surface area contributed by atoms with Gasteiger partial charge in [0.15, 0.2) is 0 Å². The summed E-state index contributed by atoms with van der Waals surface area (Å²) < 4.78 is 37.0. The number of anilines is 1. The maximum Gasteiger partial charge on any atom is 0.273 e. The highest BCUT2D eigenvalue weighted by Crippen LogP contribution is 2.18. The van der Waals surface area contributed by atoms with Crippen LogP contribution in [0, 0.1) is 5.82 Å². The van der Waals surface area contributed by atoms with Gasteiger partial charge in [0.1, 0.15) is 11.5 Å². The zero-order valence-corrected chi connectivity index (χ0v) is 15.0. The zero-order valence-electron chi connectivity index (χ0n) is 13.4. The SMILES string of the molecule is O=C(c1ccc(NS(=O)[O-])c(F)c1)N1CCN(C(=O)c2cscn2)CC1. The van der Waals surface area contributed by atoms with E-state index >= 15 is 0 Å². The molecule has 1 aliphatic rings. The summed E-state index contributed by atoms with van der Waals surface area (Å²) in [6.07, 6.45) is 0. The second kappa shape index (κ2) is 7.89. The van der Waals surface area contributed by atoms with E-state index in [1.54, 1.807) is 15.8 Å². The highest BCUT2D eigenvalue weighted by Gasteiger charge is 2.26. The van der Waals surface area contributed by atoms with Gasteiger partial charge in [-0.1, -0.05) is 0 Å². The molecule has 1 unspecified atom stereocenters. The number of halogens is 1. The van der Waals surface area contributed by atoms with E-state index in [9.17, 15) is 22.7 Å². The molecule has 1 N–H and O–H groups in total. The Morgan fingerprint density at radius 3 is 2.38 bits per heavy atom. The van der Waals surface area contributed by atoms with E-state index in [4.69, 9.17) is 0 Å². The Morgan fingerprint density at radius 2 is 1.85 bits per heavy atom. The minimum Gasteiger partial charge on any atom is -0.755 e. The smallest absolute Gasteiger partial charge is 0.273 e. The summed E-state index contributed by atoms with van der Waals surface area (Å²) in [7, 11) is 0. The Hall–Kier alpha value is -2.37. The van der Waals surface area contributed by atoms with Gasteiger partial charge in [0.05, 0.1) is 11.2 Å². The van der Waals surface area contributed by atoms with E-state index in [0.29, 0.717) is 31.9 Å². The van der Waals surface area contributed by atoms with Crippen molar-refractivity contribution in [1.29, 1.82) is 0 Å². The van der Waals surface area contributed by atoms with E-state index in [2.05, 4.69) is 4.98 Å². The summed E-state index contributed by atoms with van der Waals surface area (Å²) in [6.45, 7) is 1.36. The number of thiazole rings is 1. The molecule has 0 bridgehead atoms. The van der Waals surface area contributed by atoms with E-state index in [0.717, 1.165) is 6.07 Å². The van der Waals surface area contributed by atoms with Crippen molar-refractivity contribution in [3.8, 4) is 0 Å². The maximum absolute atomic E-state index is 13.9. The molecule has 2 heterocycles. The Morgan fingerprint density at radius 1 is 1.19 bits per heavy atom. The lowest BCUT2D eigenvalue weighted by atomic mass is 10.1. The summed E-state index contributed by atoms with van der Waals surface area (Å²) in [5.41, 5.74) is 1.86. The van der Waals surface area contributed by atoms with Gasteiger partial charge in [0.2, 0.25) is 0 Å². The van der Waals surface area contributed by atoms with Gasteiger partial charge in [-0.05, 0) is 18.2 Å². The number of piperazine rings is 1. The molecular formula is C15H14FN4O4S2-. The molecule has 0 radical (unpaired) electrons. The predicted molar refractivity (Wildman–Crippen MR) is 92.9 cm³/mol. The fourth-order valence-electron chi connectivity index (χ4n) is 2.60. The molecule has 0 saturated carbocycles. The van der Waals surface area contributed by atoms with Crippen LogP contribution in [-0.4, -0.2) is 61.5 Å². The van der Waals surface area contributed by atoms with Crippen molar-refractivity contribution in [2.45, 2.75) is 0 Å². The monoisotopic (exact) mass is 397 g/mol. The van der Waals surface area contributed by atoms with Crippen molar-refractivity contribution >= 4 is 40.1 Å². The number of carbonyl (C=O) groups is 2. The number of amides is 2. The zero-order chi connectivity index (χ0) is 18.7. The Kier molecular flexibility index (Phi) is 5.59. The molecule has 0 aliphatic carbocycles. The highest BCUT2D eigenvalue weighted by atomic mass is 32.2. The van der Waals surface area contributed by atoms with Crippen LogP contribution in [-0.2, 0) is 11.3 Å². The van der Waals surface area contributed by atoms with Gasteiger partial charge in [-0.2, -0.15) is 0 Å². The number of nitrogens with one attached hydrogen (secondary N) is 1. The fourth-order valence-corrected chi connectivity index (χ4v) is 3.47.